The van der Waals surface area contributed by atoms with Crippen molar-refractivity contribution in [2.24, 2.45) is 0 Å². The van der Waals surface area contributed by atoms with Gasteiger partial charge in [-0.1, -0.05) is 6.07 Å². The Morgan fingerprint density at radius 3 is 2.70 bits per heavy atom. The molecule has 6 nitrogen and oxygen atoms in total. The Hall–Kier alpha value is -2.50. The standard InChI is InChI=1S/C14H18N4O2/c1-4-18(11-7-10(19)6-5-8(11)2)14(20)13-12(15)9(3)16-17-13/h5-7,19H,4,15H2,1-3H3,(H,16,17). The highest BCUT2D eigenvalue weighted by molar-refractivity contribution is 6.08. The van der Waals surface area contributed by atoms with Gasteiger partial charge in [0.05, 0.1) is 17.1 Å². The molecule has 0 atom stereocenters. The third kappa shape index (κ3) is 2.32. The number of hydrogen-bond donors (Lipinski definition) is 3. The molecule has 1 aromatic carbocycles. The Balaban J connectivity index is 2.44. The zero-order chi connectivity index (χ0) is 14.9. The molecule has 0 radical (unpaired) electrons. The minimum absolute atomic E-state index is 0.114. The SMILES string of the molecule is CCN(C(=O)c1n[nH]c(C)c1N)c1cc(O)ccc1C. The van der Waals surface area contributed by atoms with Crippen LogP contribution < -0.4 is 10.6 Å². The van der Waals surface area contributed by atoms with E-state index in [0.29, 0.717) is 23.6 Å². The third-order valence-corrected chi connectivity index (χ3v) is 3.24. The summed E-state index contributed by atoms with van der Waals surface area (Å²) < 4.78 is 0. The van der Waals surface area contributed by atoms with Gasteiger partial charge in [-0.05, 0) is 32.4 Å². The highest BCUT2D eigenvalue weighted by Crippen LogP contribution is 2.27. The third-order valence-electron chi connectivity index (χ3n) is 3.24. The fourth-order valence-electron chi connectivity index (χ4n) is 2.04. The van der Waals surface area contributed by atoms with E-state index in [2.05, 4.69) is 10.2 Å². The molecule has 6 heteroatoms. The second-order valence-corrected chi connectivity index (χ2v) is 4.63. The van der Waals surface area contributed by atoms with E-state index in [1.54, 1.807) is 30.0 Å². The summed E-state index contributed by atoms with van der Waals surface area (Å²) in [4.78, 5) is 14.1. The Labute approximate surface area is 117 Å². The largest absolute Gasteiger partial charge is 0.508 e. The van der Waals surface area contributed by atoms with Gasteiger partial charge < -0.3 is 15.7 Å². The fourth-order valence-corrected chi connectivity index (χ4v) is 2.04. The molecule has 0 bridgehead atoms. The van der Waals surface area contributed by atoms with Gasteiger partial charge in [0.25, 0.3) is 5.91 Å². The topological polar surface area (TPSA) is 95.2 Å². The van der Waals surface area contributed by atoms with Crippen molar-refractivity contribution in [3.63, 3.8) is 0 Å². The van der Waals surface area contributed by atoms with Gasteiger partial charge in [-0.25, -0.2) is 0 Å². The summed E-state index contributed by atoms with van der Waals surface area (Å²) in [6.45, 7) is 5.95. The number of phenolic OH excluding ortho intramolecular Hbond substituents is 1. The number of aromatic nitrogens is 2. The molecule has 0 saturated carbocycles. The summed E-state index contributed by atoms with van der Waals surface area (Å²) in [7, 11) is 0. The Morgan fingerprint density at radius 2 is 2.15 bits per heavy atom. The van der Waals surface area contributed by atoms with Gasteiger partial charge in [-0.3, -0.25) is 9.89 Å². The number of hydrogen-bond acceptors (Lipinski definition) is 4. The van der Waals surface area contributed by atoms with Crippen molar-refractivity contribution in [2.45, 2.75) is 20.8 Å². The van der Waals surface area contributed by atoms with Crippen LogP contribution in [0.4, 0.5) is 11.4 Å². The molecule has 1 heterocycles. The van der Waals surface area contributed by atoms with Crippen LogP contribution in [0.2, 0.25) is 0 Å². The minimum atomic E-state index is -0.289. The maximum atomic E-state index is 12.6. The van der Waals surface area contributed by atoms with E-state index < -0.39 is 0 Å². The lowest BCUT2D eigenvalue weighted by Crippen LogP contribution is -2.32. The smallest absolute Gasteiger partial charge is 0.280 e. The number of aromatic amines is 1. The number of phenols is 1. The molecule has 0 unspecified atom stereocenters. The summed E-state index contributed by atoms with van der Waals surface area (Å²) in [5, 5.41) is 16.3. The van der Waals surface area contributed by atoms with Crippen LogP contribution in [0.1, 0.15) is 28.7 Å². The maximum absolute atomic E-state index is 12.6. The first-order valence-electron chi connectivity index (χ1n) is 6.37. The molecule has 106 valence electrons. The average Bonchev–Trinajstić information content (AvgIpc) is 2.75. The fraction of sp³-hybridized carbons (Fsp3) is 0.286. The summed E-state index contributed by atoms with van der Waals surface area (Å²) in [6, 6.07) is 4.91. The predicted molar refractivity (Wildman–Crippen MR) is 77.9 cm³/mol. The number of nitrogens with two attached hydrogens (primary N) is 1. The molecule has 1 amide bonds. The number of H-pyrrole nitrogens is 1. The van der Waals surface area contributed by atoms with Crippen molar-refractivity contribution < 1.29 is 9.90 Å². The first-order valence-corrected chi connectivity index (χ1v) is 6.37. The number of carbonyl (C=O) groups excluding carboxylic acids is 1. The lowest BCUT2D eigenvalue weighted by atomic mass is 10.1. The molecule has 0 spiro atoms. The van der Waals surface area contributed by atoms with E-state index in [-0.39, 0.29) is 17.4 Å². The molecule has 1 aromatic heterocycles. The van der Waals surface area contributed by atoms with Gasteiger partial charge in [0.1, 0.15) is 5.75 Å². The highest BCUT2D eigenvalue weighted by Gasteiger charge is 2.23. The number of rotatable bonds is 3. The second kappa shape index (κ2) is 5.24. The van der Waals surface area contributed by atoms with Gasteiger partial charge >= 0.3 is 0 Å². The monoisotopic (exact) mass is 274 g/mol. The van der Waals surface area contributed by atoms with Crippen LogP contribution in [0.25, 0.3) is 0 Å². The molecule has 0 saturated heterocycles. The highest BCUT2D eigenvalue weighted by atomic mass is 16.3. The Bertz CT molecular complexity index is 649. The number of anilines is 2. The number of carbonyl (C=O) groups is 1. The van der Waals surface area contributed by atoms with Crippen LogP contribution in [0, 0.1) is 13.8 Å². The minimum Gasteiger partial charge on any atom is -0.508 e. The number of nitrogen functional groups attached to an aromatic ring is 1. The van der Waals surface area contributed by atoms with Gasteiger partial charge in [0.15, 0.2) is 5.69 Å². The Morgan fingerprint density at radius 1 is 1.45 bits per heavy atom. The van der Waals surface area contributed by atoms with Crippen LogP contribution >= 0.6 is 0 Å². The van der Waals surface area contributed by atoms with Gasteiger partial charge in [0.2, 0.25) is 0 Å². The molecule has 4 N–H and O–H groups in total. The summed E-state index contributed by atoms with van der Waals surface area (Å²) >= 11 is 0. The normalized spacial score (nSPS) is 10.6. The zero-order valence-corrected chi connectivity index (χ0v) is 11.8. The van der Waals surface area contributed by atoms with Crippen LogP contribution in [-0.4, -0.2) is 27.8 Å². The molecular weight excluding hydrogens is 256 g/mol. The number of amides is 1. The van der Waals surface area contributed by atoms with Crippen molar-refractivity contribution in [3.05, 3.63) is 35.2 Å². The zero-order valence-electron chi connectivity index (χ0n) is 11.8. The van der Waals surface area contributed by atoms with E-state index in [0.717, 1.165) is 5.56 Å². The van der Waals surface area contributed by atoms with E-state index in [1.807, 2.05) is 13.8 Å². The van der Waals surface area contributed by atoms with Gasteiger partial charge in [0, 0.05) is 12.6 Å². The molecule has 0 fully saturated rings. The molecule has 0 aliphatic heterocycles. The van der Waals surface area contributed by atoms with Crippen LogP contribution in [0.3, 0.4) is 0 Å². The number of benzene rings is 1. The maximum Gasteiger partial charge on any atom is 0.280 e. The van der Waals surface area contributed by atoms with Gasteiger partial charge in [-0.15, -0.1) is 0 Å². The first kappa shape index (κ1) is 13.9. The summed E-state index contributed by atoms with van der Waals surface area (Å²) in [5.74, 6) is -0.175. The van der Waals surface area contributed by atoms with Crippen molar-refractivity contribution in [1.82, 2.24) is 10.2 Å². The first-order chi connectivity index (χ1) is 9.45. The number of nitrogens with one attached hydrogen (secondary N) is 1. The van der Waals surface area contributed by atoms with Crippen molar-refractivity contribution in [3.8, 4) is 5.75 Å². The number of aryl methyl sites for hydroxylation is 2. The van der Waals surface area contributed by atoms with E-state index >= 15 is 0 Å². The average molecular weight is 274 g/mol. The van der Waals surface area contributed by atoms with Gasteiger partial charge in [-0.2, -0.15) is 5.10 Å². The van der Waals surface area contributed by atoms with E-state index in [9.17, 15) is 9.90 Å². The predicted octanol–water partition coefficient (Wildman–Crippen LogP) is 1.98. The molecular formula is C14H18N4O2. The van der Waals surface area contributed by atoms with Crippen LogP contribution in [-0.2, 0) is 0 Å². The molecule has 0 aliphatic rings. The summed E-state index contributed by atoms with van der Waals surface area (Å²) in [5.41, 5.74) is 8.61. The lowest BCUT2D eigenvalue weighted by molar-refractivity contribution is 0.0984. The Kier molecular flexibility index (Phi) is 3.65. The number of aromatic hydroxyl groups is 1. The molecule has 2 aromatic rings. The molecule has 2 rings (SSSR count). The van der Waals surface area contributed by atoms with Crippen LogP contribution in [0.5, 0.6) is 5.75 Å². The number of nitrogens with zero attached hydrogens (tertiary/aromatic N) is 2. The van der Waals surface area contributed by atoms with E-state index in [4.69, 9.17) is 5.73 Å². The quantitative estimate of drug-likeness (QED) is 0.797. The van der Waals surface area contributed by atoms with Crippen molar-refractivity contribution in [1.29, 1.82) is 0 Å². The lowest BCUT2D eigenvalue weighted by Gasteiger charge is -2.22. The molecule has 0 aliphatic carbocycles. The van der Waals surface area contributed by atoms with Crippen molar-refractivity contribution >= 4 is 17.3 Å². The molecule has 20 heavy (non-hydrogen) atoms. The second-order valence-electron chi connectivity index (χ2n) is 4.63. The van der Waals surface area contributed by atoms with Crippen LogP contribution in [0.15, 0.2) is 18.2 Å². The van der Waals surface area contributed by atoms with E-state index in [1.165, 1.54) is 0 Å². The summed E-state index contributed by atoms with van der Waals surface area (Å²) in [6.07, 6.45) is 0. The van der Waals surface area contributed by atoms with Crippen molar-refractivity contribution in [2.75, 3.05) is 17.2 Å².